The van der Waals surface area contributed by atoms with Gasteiger partial charge in [-0.25, -0.2) is 9.97 Å². The van der Waals surface area contributed by atoms with Gasteiger partial charge >= 0.3 is 0 Å². The van der Waals surface area contributed by atoms with Crippen molar-refractivity contribution >= 4 is 22.5 Å². The first kappa shape index (κ1) is 17.6. The zero-order chi connectivity index (χ0) is 19.8. The summed E-state index contributed by atoms with van der Waals surface area (Å²) in [6, 6.07) is 10.4. The second kappa shape index (κ2) is 7.18. The van der Waals surface area contributed by atoms with E-state index in [1.165, 1.54) is 11.1 Å². The van der Waals surface area contributed by atoms with E-state index in [9.17, 15) is 0 Å². The van der Waals surface area contributed by atoms with Crippen LogP contribution in [0.4, 0.5) is 11.6 Å². The van der Waals surface area contributed by atoms with Crippen molar-refractivity contribution in [2.24, 2.45) is 7.05 Å². The Kier molecular flexibility index (Phi) is 4.37. The maximum atomic E-state index is 5.60. The van der Waals surface area contributed by atoms with Crippen LogP contribution in [0.5, 0.6) is 5.75 Å². The number of hydrogen-bond donors (Lipinski definition) is 2. The first-order chi connectivity index (χ1) is 14.2. The average molecular weight is 386 g/mol. The molecular formula is C22H22N6O. The van der Waals surface area contributed by atoms with E-state index in [1.54, 1.807) is 11.8 Å². The highest BCUT2D eigenvalue weighted by Crippen LogP contribution is 2.32. The van der Waals surface area contributed by atoms with Crippen molar-refractivity contribution in [1.29, 1.82) is 0 Å². The Morgan fingerprint density at radius 2 is 2.03 bits per heavy atom. The van der Waals surface area contributed by atoms with Crippen molar-refractivity contribution < 1.29 is 4.74 Å². The van der Waals surface area contributed by atoms with Crippen molar-refractivity contribution in [3.05, 3.63) is 60.0 Å². The zero-order valence-corrected chi connectivity index (χ0v) is 16.4. The van der Waals surface area contributed by atoms with E-state index < -0.39 is 0 Å². The molecule has 7 heteroatoms. The quantitative estimate of drug-likeness (QED) is 0.560. The van der Waals surface area contributed by atoms with Crippen LogP contribution in [0.15, 0.2) is 48.9 Å². The monoisotopic (exact) mass is 386 g/mol. The molecule has 29 heavy (non-hydrogen) atoms. The van der Waals surface area contributed by atoms with Gasteiger partial charge in [-0.2, -0.15) is 5.10 Å². The fraction of sp³-hybridized carbons (Fsp3) is 0.227. The summed E-state index contributed by atoms with van der Waals surface area (Å²) in [6.45, 7) is 1.86. The standard InChI is InChI=1S/C22H22N6O/c1-28-13-18(12-25-28)14-3-4-16-11-24-22(26-19(16)7-14)27-20-8-17-10-23-6-5-15(17)9-21(20)29-2/h3-4,7-9,11-13,23H,5-6,10H2,1-2H3,(H,24,26,27). The molecule has 2 N–H and O–H groups in total. The van der Waals surface area contributed by atoms with Crippen molar-refractivity contribution in [2.75, 3.05) is 19.0 Å². The lowest BCUT2D eigenvalue weighted by Crippen LogP contribution is -2.23. The summed E-state index contributed by atoms with van der Waals surface area (Å²) in [5, 5.41) is 12.0. The Hall–Kier alpha value is -3.45. The molecule has 0 bridgehead atoms. The number of rotatable bonds is 4. The highest BCUT2D eigenvalue weighted by molar-refractivity contribution is 5.84. The zero-order valence-electron chi connectivity index (χ0n) is 16.4. The van der Waals surface area contributed by atoms with Gasteiger partial charge in [-0.05, 0) is 47.9 Å². The molecular weight excluding hydrogens is 364 g/mol. The average Bonchev–Trinajstić information content (AvgIpc) is 3.19. The van der Waals surface area contributed by atoms with E-state index in [4.69, 9.17) is 9.72 Å². The Balaban J connectivity index is 1.50. The third kappa shape index (κ3) is 3.40. The number of aryl methyl sites for hydroxylation is 1. The molecule has 0 aliphatic carbocycles. The Morgan fingerprint density at radius 1 is 1.10 bits per heavy atom. The molecule has 0 spiro atoms. The molecule has 5 rings (SSSR count). The van der Waals surface area contributed by atoms with Gasteiger partial charge in [-0.3, -0.25) is 4.68 Å². The van der Waals surface area contributed by atoms with Crippen molar-refractivity contribution in [1.82, 2.24) is 25.1 Å². The third-order valence-electron chi connectivity index (χ3n) is 5.28. The second-order valence-corrected chi connectivity index (χ2v) is 7.24. The molecule has 2 aromatic heterocycles. The van der Waals surface area contributed by atoms with Crippen molar-refractivity contribution in [3.63, 3.8) is 0 Å². The molecule has 3 heterocycles. The summed E-state index contributed by atoms with van der Waals surface area (Å²) in [5.74, 6) is 1.35. The van der Waals surface area contributed by atoms with Crippen LogP contribution < -0.4 is 15.4 Å². The number of nitrogens with zero attached hydrogens (tertiary/aromatic N) is 4. The van der Waals surface area contributed by atoms with Gasteiger partial charge in [0.1, 0.15) is 5.75 Å². The molecule has 2 aromatic carbocycles. The lowest BCUT2D eigenvalue weighted by molar-refractivity contribution is 0.415. The number of nitrogens with one attached hydrogen (secondary N) is 2. The van der Waals surface area contributed by atoms with Gasteiger partial charge in [-0.15, -0.1) is 0 Å². The van der Waals surface area contributed by atoms with Crippen LogP contribution in [0.2, 0.25) is 0 Å². The van der Waals surface area contributed by atoms with Crippen LogP contribution in [0, 0.1) is 0 Å². The Labute approximate surface area is 168 Å². The smallest absolute Gasteiger partial charge is 0.227 e. The first-order valence-electron chi connectivity index (χ1n) is 9.63. The van der Waals surface area contributed by atoms with E-state index in [0.29, 0.717) is 5.95 Å². The van der Waals surface area contributed by atoms with Gasteiger partial charge in [0.2, 0.25) is 5.95 Å². The maximum absolute atomic E-state index is 5.60. The summed E-state index contributed by atoms with van der Waals surface area (Å²) in [7, 11) is 3.60. The molecule has 0 saturated heterocycles. The van der Waals surface area contributed by atoms with Gasteiger partial charge in [0.25, 0.3) is 0 Å². The number of ether oxygens (including phenoxy) is 1. The molecule has 0 fully saturated rings. The van der Waals surface area contributed by atoms with Crippen LogP contribution in [0.25, 0.3) is 22.0 Å². The number of hydrogen-bond acceptors (Lipinski definition) is 6. The molecule has 4 aromatic rings. The minimum absolute atomic E-state index is 0.544. The lowest BCUT2D eigenvalue weighted by atomic mass is 10.00. The summed E-state index contributed by atoms with van der Waals surface area (Å²) in [4.78, 5) is 9.22. The minimum Gasteiger partial charge on any atom is -0.495 e. The Bertz CT molecular complexity index is 1200. The molecule has 0 radical (unpaired) electrons. The van der Waals surface area contributed by atoms with Gasteiger partial charge in [0.05, 0.1) is 24.5 Å². The molecule has 1 aliphatic rings. The largest absolute Gasteiger partial charge is 0.495 e. The number of benzene rings is 2. The molecule has 146 valence electrons. The van der Waals surface area contributed by atoms with Crippen LogP contribution in [-0.2, 0) is 20.0 Å². The Morgan fingerprint density at radius 3 is 2.86 bits per heavy atom. The lowest BCUT2D eigenvalue weighted by Gasteiger charge is -2.20. The van der Waals surface area contributed by atoms with E-state index in [2.05, 4.69) is 45.0 Å². The van der Waals surface area contributed by atoms with Gasteiger partial charge < -0.3 is 15.4 Å². The predicted molar refractivity (Wildman–Crippen MR) is 113 cm³/mol. The number of fused-ring (bicyclic) bond motifs is 2. The third-order valence-corrected chi connectivity index (χ3v) is 5.28. The summed E-state index contributed by atoms with van der Waals surface area (Å²) >= 11 is 0. The first-order valence-corrected chi connectivity index (χ1v) is 9.63. The van der Waals surface area contributed by atoms with Crippen LogP contribution in [0.3, 0.4) is 0 Å². The van der Waals surface area contributed by atoms with Gasteiger partial charge in [-0.1, -0.05) is 12.1 Å². The SMILES string of the molecule is COc1cc2c(cc1Nc1ncc3ccc(-c4cnn(C)c4)cc3n1)CNCC2. The van der Waals surface area contributed by atoms with Crippen LogP contribution in [-0.4, -0.2) is 33.4 Å². The normalized spacial score (nSPS) is 13.3. The topological polar surface area (TPSA) is 76.9 Å². The molecule has 7 nitrogen and oxygen atoms in total. The molecule has 0 saturated carbocycles. The van der Waals surface area contributed by atoms with E-state index in [0.717, 1.165) is 53.0 Å². The summed E-state index contributed by atoms with van der Waals surface area (Å²) in [5.41, 5.74) is 6.49. The fourth-order valence-electron chi connectivity index (χ4n) is 3.73. The van der Waals surface area contributed by atoms with Crippen molar-refractivity contribution in [3.8, 4) is 16.9 Å². The summed E-state index contributed by atoms with van der Waals surface area (Å²) in [6.07, 6.45) is 6.70. The maximum Gasteiger partial charge on any atom is 0.227 e. The highest BCUT2D eigenvalue weighted by Gasteiger charge is 2.15. The summed E-state index contributed by atoms with van der Waals surface area (Å²) < 4.78 is 7.40. The van der Waals surface area contributed by atoms with E-state index >= 15 is 0 Å². The van der Waals surface area contributed by atoms with Crippen LogP contribution >= 0.6 is 0 Å². The van der Waals surface area contributed by atoms with Crippen molar-refractivity contribution in [2.45, 2.75) is 13.0 Å². The van der Waals surface area contributed by atoms with Gasteiger partial charge in [0, 0.05) is 36.9 Å². The fourth-order valence-corrected chi connectivity index (χ4v) is 3.73. The van der Waals surface area contributed by atoms with E-state index in [-0.39, 0.29) is 0 Å². The molecule has 0 unspecified atom stereocenters. The highest BCUT2D eigenvalue weighted by atomic mass is 16.5. The number of anilines is 2. The minimum atomic E-state index is 0.544. The number of methoxy groups -OCH3 is 1. The second-order valence-electron chi connectivity index (χ2n) is 7.24. The van der Waals surface area contributed by atoms with Gasteiger partial charge in [0.15, 0.2) is 0 Å². The van der Waals surface area contributed by atoms with Crippen LogP contribution in [0.1, 0.15) is 11.1 Å². The molecule has 0 atom stereocenters. The molecule has 0 amide bonds. The predicted octanol–water partition coefficient (Wildman–Crippen LogP) is 3.43. The van der Waals surface area contributed by atoms with E-state index in [1.807, 2.05) is 31.7 Å². The number of aromatic nitrogens is 4. The molecule has 1 aliphatic heterocycles.